The minimum absolute atomic E-state index is 0.163. The number of para-hydroxylation sites is 1. The van der Waals surface area contributed by atoms with Gasteiger partial charge in [-0.3, -0.25) is 0 Å². The van der Waals surface area contributed by atoms with E-state index >= 15 is 0 Å². The van der Waals surface area contributed by atoms with Crippen molar-refractivity contribution in [1.29, 1.82) is 0 Å². The monoisotopic (exact) mass is 243 g/mol. The number of benzene rings is 1. The summed E-state index contributed by atoms with van der Waals surface area (Å²) < 4.78 is 19.0. The van der Waals surface area contributed by atoms with E-state index in [1.165, 1.54) is 6.07 Å². The zero-order chi connectivity index (χ0) is 12.7. The number of nitrogen functional groups attached to an aromatic ring is 1. The largest absolute Gasteiger partial charge is 0.451 e. The van der Waals surface area contributed by atoms with Crippen molar-refractivity contribution >= 4 is 16.9 Å². The summed E-state index contributed by atoms with van der Waals surface area (Å²) in [6.45, 7) is 1.85. The summed E-state index contributed by atoms with van der Waals surface area (Å²) in [6.07, 6.45) is 1.61. The molecule has 0 radical (unpaired) electrons. The number of rotatable bonds is 1. The number of aromatic nitrogens is 2. The molecular weight excluding hydrogens is 233 g/mol. The van der Waals surface area contributed by atoms with Crippen LogP contribution < -0.4 is 5.73 Å². The lowest BCUT2D eigenvalue weighted by atomic mass is 10.2. The Hall–Kier alpha value is -2.43. The van der Waals surface area contributed by atoms with E-state index in [9.17, 15) is 4.39 Å². The molecule has 0 amide bonds. The molecule has 3 aromatic rings. The molecule has 2 heterocycles. The van der Waals surface area contributed by atoms with Gasteiger partial charge in [-0.2, -0.15) is 0 Å². The first-order valence-electron chi connectivity index (χ1n) is 5.42. The molecule has 1 aromatic carbocycles. The molecule has 2 N–H and O–H groups in total. The third-order valence-electron chi connectivity index (χ3n) is 2.72. The summed E-state index contributed by atoms with van der Waals surface area (Å²) >= 11 is 0. The maximum absolute atomic E-state index is 13.5. The van der Waals surface area contributed by atoms with E-state index in [0.717, 1.165) is 5.56 Å². The van der Waals surface area contributed by atoms with E-state index < -0.39 is 5.82 Å². The van der Waals surface area contributed by atoms with Crippen molar-refractivity contribution in [3.05, 3.63) is 41.8 Å². The molecule has 0 bridgehead atoms. The Morgan fingerprint density at radius 3 is 2.94 bits per heavy atom. The highest BCUT2D eigenvalue weighted by Crippen LogP contribution is 2.29. The van der Waals surface area contributed by atoms with Crippen molar-refractivity contribution in [3.63, 3.8) is 0 Å². The zero-order valence-electron chi connectivity index (χ0n) is 9.64. The quantitative estimate of drug-likeness (QED) is 0.713. The zero-order valence-corrected chi connectivity index (χ0v) is 9.64. The average Bonchev–Trinajstić information content (AvgIpc) is 2.77. The molecule has 2 aromatic heterocycles. The predicted octanol–water partition coefficient (Wildman–Crippen LogP) is 2.92. The molecule has 3 rings (SSSR count). The number of hydrogen-bond acceptors (Lipinski definition) is 4. The van der Waals surface area contributed by atoms with Gasteiger partial charge >= 0.3 is 0 Å². The Bertz CT molecular complexity index is 736. The van der Waals surface area contributed by atoms with Crippen LogP contribution in [-0.4, -0.2) is 9.97 Å². The molecule has 0 aliphatic carbocycles. The average molecular weight is 243 g/mol. The van der Waals surface area contributed by atoms with E-state index in [1.54, 1.807) is 24.4 Å². The van der Waals surface area contributed by atoms with E-state index in [1.807, 2.05) is 6.92 Å². The standard InChI is InChI=1S/C13H10FN3O/c1-7-6-16-13(15)17-11(7)10-5-8-3-2-4-9(14)12(8)18-10/h2-6H,1H3,(H2,15,16,17). The van der Waals surface area contributed by atoms with Crippen molar-refractivity contribution in [2.24, 2.45) is 0 Å². The maximum Gasteiger partial charge on any atom is 0.220 e. The normalized spacial score (nSPS) is 11.0. The molecule has 0 unspecified atom stereocenters. The highest BCUT2D eigenvalue weighted by atomic mass is 19.1. The first-order chi connectivity index (χ1) is 8.65. The highest BCUT2D eigenvalue weighted by Gasteiger charge is 2.13. The molecule has 0 saturated heterocycles. The Morgan fingerprint density at radius 2 is 2.17 bits per heavy atom. The summed E-state index contributed by atoms with van der Waals surface area (Å²) in [5, 5.41) is 0.696. The summed E-state index contributed by atoms with van der Waals surface area (Å²) in [7, 11) is 0. The van der Waals surface area contributed by atoms with Crippen LogP contribution in [0.1, 0.15) is 5.56 Å². The van der Waals surface area contributed by atoms with Gasteiger partial charge in [-0.25, -0.2) is 14.4 Å². The number of fused-ring (bicyclic) bond motifs is 1. The van der Waals surface area contributed by atoms with Crippen molar-refractivity contribution in [2.75, 3.05) is 5.73 Å². The topological polar surface area (TPSA) is 64.9 Å². The first-order valence-corrected chi connectivity index (χ1v) is 5.42. The molecule has 90 valence electrons. The van der Waals surface area contributed by atoms with E-state index in [-0.39, 0.29) is 11.5 Å². The third kappa shape index (κ3) is 1.60. The van der Waals surface area contributed by atoms with Crippen molar-refractivity contribution in [1.82, 2.24) is 9.97 Å². The van der Waals surface area contributed by atoms with Crippen molar-refractivity contribution in [3.8, 4) is 11.5 Å². The van der Waals surface area contributed by atoms with Crippen LogP contribution in [0.2, 0.25) is 0 Å². The van der Waals surface area contributed by atoms with Crippen LogP contribution in [0.4, 0.5) is 10.3 Å². The SMILES string of the molecule is Cc1cnc(N)nc1-c1cc2cccc(F)c2o1. The van der Waals surface area contributed by atoms with E-state index in [2.05, 4.69) is 9.97 Å². The van der Waals surface area contributed by atoms with Gasteiger partial charge in [-0.1, -0.05) is 12.1 Å². The second-order valence-corrected chi connectivity index (χ2v) is 4.03. The van der Waals surface area contributed by atoms with Crippen LogP contribution >= 0.6 is 0 Å². The Kier molecular flexibility index (Phi) is 2.26. The summed E-state index contributed by atoms with van der Waals surface area (Å²) in [4.78, 5) is 8.01. The van der Waals surface area contributed by atoms with Gasteiger partial charge in [-0.15, -0.1) is 0 Å². The number of hydrogen-bond donors (Lipinski definition) is 1. The van der Waals surface area contributed by atoms with E-state index in [0.29, 0.717) is 16.8 Å². The molecule has 0 aliphatic heterocycles. The third-order valence-corrected chi connectivity index (χ3v) is 2.72. The lowest BCUT2D eigenvalue weighted by Gasteiger charge is -2.01. The van der Waals surface area contributed by atoms with Gasteiger partial charge in [0.25, 0.3) is 0 Å². The van der Waals surface area contributed by atoms with Crippen molar-refractivity contribution in [2.45, 2.75) is 6.92 Å². The first kappa shape index (κ1) is 10.7. The molecule has 4 nitrogen and oxygen atoms in total. The van der Waals surface area contributed by atoms with Gasteiger partial charge in [0.2, 0.25) is 5.95 Å². The number of furan rings is 1. The predicted molar refractivity (Wildman–Crippen MR) is 66.3 cm³/mol. The Labute approximate surface area is 102 Å². The van der Waals surface area contributed by atoms with Crippen LogP contribution in [0.25, 0.3) is 22.4 Å². The summed E-state index contributed by atoms with van der Waals surface area (Å²) in [6, 6.07) is 6.52. The Morgan fingerprint density at radius 1 is 1.33 bits per heavy atom. The highest BCUT2D eigenvalue weighted by molar-refractivity contribution is 5.83. The number of aryl methyl sites for hydroxylation is 1. The van der Waals surface area contributed by atoms with Gasteiger partial charge in [0.05, 0.1) is 0 Å². The van der Waals surface area contributed by atoms with Crippen LogP contribution in [0.3, 0.4) is 0 Å². The smallest absolute Gasteiger partial charge is 0.220 e. The molecule has 5 heteroatoms. The number of nitrogens with two attached hydrogens (primary N) is 1. The molecule has 0 atom stereocenters. The van der Waals surface area contributed by atoms with Gasteiger partial charge in [0.1, 0.15) is 5.69 Å². The second kappa shape index (κ2) is 3.80. The van der Waals surface area contributed by atoms with Crippen LogP contribution in [0.15, 0.2) is 34.9 Å². The molecule has 0 saturated carbocycles. The van der Waals surface area contributed by atoms with Gasteiger partial charge < -0.3 is 10.2 Å². The molecule has 0 fully saturated rings. The van der Waals surface area contributed by atoms with Crippen LogP contribution in [0.5, 0.6) is 0 Å². The van der Waals surface area contributed by atoms with Gasteiger partial charge in [-0.05, 0) is 24.6 Å². The number of nitrogens with zero attached hydrogens (tertiary/aromatic N) is 2. The molecule has 18 heavy (non-hydrogen) atoms. The minimum Gasteiger partial charge on any atom is -0.451 e. The molecule has 0 spiro atoms. The maximum atomic E-state index is 13.5. The molecule has 0 aliphatic rings. The molecular formula is C13H10FN3O. The lowest BCUT2D eigenvalue weighted by molar-refractivity contribution is 0.567. The van der Waals surface area contributed by atoms with Crippen LogP contribution in [-0.2, 0) is 0 Å². The fourth-order valence-corrected chi connectivity index (χ4v) is 1.85. The summed E-state index contributed by atoms with van der Waals surface area (Å²) in [5.41, 5.74) is 7.18. The Balaban J connectivity index is 2.26. The number of anilines is 1. The minimum atomic E-state index is -0.390. The van der Waals surface area contributed by atoms with Gasteiger partial charge in [0.15, 0.2) is 17.2 Å². The van der Waals surface area contributed by atoms with Gasteiger partial charge in [0, 0.05) is 11.6 Å². The fraction of sp³-hybridized carbons (Fsp3) is 0.0769. The fourth-order valence-electron chi connectivity index (χ4n) is 1.85. The summed E-state index contributed by atoms with van der Waals surface area (Å²) in [5.74, 6) is 0.261. The second-order valence-electron chi connectivity index (χ2n) is 4.03. The lowest BCUT2D eigenvalue weighted by Crippen LogP contribution is -1.97. The number of halogens is 1. The van der Waals surface area contributed by atoms with Crippen LogP contribution in [0, 0.1) is 12.7 Å². The van der Waals surface area contributed by atoms with E-state index in [4.69, 9.17) is 10.2 Å². The van der Waals surface area contributed by atoms with Crippen molar-refractivity contribution < 1.29 is 8.81 Å².